The number of hydrogen-bond donors (Lipinski definition) is 3. The molecular formula is C30H28N4O5. The minimum Gasteiger partial charge on any atom is -0.507 e. The lowest BCUT2D eigenvalue weighted by molar-refractivity contribution is 0.102. The van der Waals surface area contributed by atoms with E-state index < -0.39 is 0 Å². The van der Waals surface area contributed by atoms with Gasteiger partial charge in [-0.15, -0.1) is 0 Å². The van der Waals surface area contributed by atoms with Crippen LogP contribution in [0.5, 0.6) is 17.2 Å². The zero-order valence-corrected chi connectivity index (χ0v) is 21.2. The molecule has 2 amide bonds. The number of hydrogen-bond acceptors (Lipinski definition) is 6. The van der Waals surface area contributed by atoms with Gasteiger partial charge in [0.15, 0.2) is 11.5 Å². The molecule has 1 fully saturated rings. The van der Waals surface area contributed by atoms with Crippen LogP contribution in [0.15, 0.2) is 72.8 Å². The topological polar surface area (TPSA) is 115 Å². The standard InChI is InChI=1S/C30H28N4O5/c35-26-15-22(32-29(36)21-10-13-27-28(14-21)39-18-38-27)11-12-23(26)24-16-25(20-8-4-5-9-20)34(33-24)30(37)31-17-19-6-2-1-3-7-19/h1-3,6-7,10-16,20,35H,4-5,8-9,17-18H2,(H,31,37)(H,32,36). The van der Waals surface area contributed by atoms with Gasteiger partial charge in [0.2, 0.25) is 6.79 Å². The summed E-state index contributed by atoms with van der Waals surface area (Å²) in [6.07, 6.45) is 4.21. The van der Waals surface area contributed by atoms with Gasteiger partial charge in [0.25, 0.3) is 5.91 Å². The molecule has 9 nitrogen and oxygen atoms in total. The van der Waals surface area contributed by atoms with Gasteiger partial charge in [-0.2, -0.15) is 9.78 Å². The summed E-state index contributed by atoms with van der Waals surface area (Å²) in [6.45, 7) is 0.518. The second-order valence-electron chi connectivity index (χ2n) is 9.75. The van der Waals surface area contributed by atoms with Crippen LogP contribution in [0.2, 0.25) is 0 Å². The number of phenolic OH excluding ortho intramolecular Hbond substituents is 1. The third kappa shape index (κ3) is 5.16. The lowest BCUT2D eigenvalue weighted by Crippen LogP contribution is -2.30. The number of benzene rings is 3. The first-order valence-electron chi connectivity index (χ1n) is 13.0. The number of nitrogens with one attached hydrogen (secondary N) is 2. The summed E-state index contributed by atoms with van der Waals surface area (Å²) in [5.41, 5.74) is 3.64. The number of ether oxygens (including phenoxy) is 2. The maximum absolute atomic E-state index is 13.2. The summed E-state index contributed by atoms with van der Waals surface area (Å²) in [7, 11) is 0. The Morgan fingerprint density at radius 3 is 2.54 bits per heavy atom. The lowest BCUT2D eigenvalue weighted by Gasteiger charge is -2.12. The van der Waals surface area contributed by atoms with Crippen molar-refractivity contribution in [1.82, 2.24) is 15.1 Å². The molecule has 1 aromatic heterocycles. The van der Waals surface area contributed by atoms with Crippen molar-refractivity contribution in [3.8, 4) is 28.5 Å². The molecule has 39 heavy (non-hydrogen) atoms. The Hall–Kier alpha value is -4.79. The Labute approximate surface area is 225 Å². The van der Waals surface area contributed by atoms with Crippen LogP contribution in [-0.2, 0) is 6.54 Å². The fraction of sp³-hybridized carbons (Fsp3) is 0.233. The van der Waals surface area contributed by atoms with E-state index in [0.29, 0.717) is 40.6 Å². The smallest absolute Gasteiger partial charge is 0.342 e. The van der Waals surface area contributed by atoms with Gasteiger partial charge in [0, 0.05) is 35.3 Å². The largest absolute Gasteiger partial charge is 0.507 e. The number of amides is 2. The van der Waals surface area contributed by atoms with E-state index in [-0.39, 0.29) is 30.4 Å². The zero-order chi connectivity index (χ0) is 26.8. The Kier molecular flexibility index (Phi) is 6.62. The zero-order valence-electron chi connectivity index (χ0n) is 21.2. The molecule has 198 valence electrons. The summed E-state index contributed by atoms with van der Waals surface area (Å²) < 4.78 is 12.1. The molecule has 1 saturated carbocycles. The van der Waals surface area contributed by atoms with Crippen LogP contribution in [-0.4, -0.2) is 33.6 Å². The summed E-state index contributed by atoms with van der Waals surface area (Å²) in [5, 5.41) is 21.2. The van der Waals surface area contributed by atoms with Crippen molar-refractivity contribution < 1.29 is 24.2 Å². The number of carbonyl (C=O) groups is 2. The highest BCUT2D eigenvalue weighted by Crippen LogP contribution is 2.38. The number of aromatic nitrogens is 2. The first-order valence-corrected chi connectivity index (χ1v) is 13.0. The Balaban J connectivity index is 1.22. The maximum atomic E-state index is 13.2. The molecule has 4 aromatic rings. The number of aromatic hydroxyl groups is 1. The minimum atomic E-state index is -0.344. The predicted molar refractivity (Wildman–Crippen MR) is 145 cm³/mol. The molecule has 0 unspecified atom stereocenters. The molecule has 2 heterocycles. The molecule has 0 saturated heterocycles. The van der Waals surface area contributed by atoms with E-state index in [1.165, 1.54) is 10.7 Å². The molecule has 3 N–H and O–H groups in total. The summed E-state index contributed by atoms with van der Waals surface area (Å²) >= 11 is 0. The van der Waals surface area contributed by atoms with Gasteiger partial charge in [0.1, 0.15) is 5.75 Å². The van der Waals surface area contributed by atoms with Crippen molar-refractivity contribution in [3.63, 3.8) is 0 Å². The number of rotatable bonds is 6. The van der Waals surface area contributed by atoms with Crippen LogP contribution in [0.1, 0.15) is 53.2 Å². The van der Waals surface area contributed by atoms with Gasteiger partial charge in [-0.25, -0.2) is 4.79 Å². The van der Waals surface area contributed by atoms with Crippen LogP contribution in [0.3, 0.4) is 0 Å². The van der Waals surface area contributed by atoms with Crippen LogP contribution in [0, 0.1) is 0 Å². The van der Waals surface area contributed by atoms with E-state index in [2.05, 4.69) is 15.7 Å². The number of fused-ring (bicyclic) bond motifs is 1. The van der Waals surface area contributed by atoms with Crippen molar-refractivity contribution in [2.75, 3.05) is 12.1 Å². The molecule has 0 atom stereocenters. The Bertz CT molecular complexity index is 1530. The molecule has 0 radical (unpaired) electrons. The van der Waals surface area contributed by atoms with E-state index >= 15 is 0 Å². The van der Waals surface area contributed by atoms with Gasteiger partial charge in [-0.1, -0.05) is 43.2 Å². The molecular weight excluding hydrogens is 496 g/mol. The van der Waals surface area contributed by atoms with Crippen LogP contribution < -0.4 is 20.1 Å². The van der Waals surface area contributed by atoms with E-state index in [1.54, 1.807) is 30.3 Å². The van der Waals surface area contributed by atoms with E-state index in [1.807, 2.05) is 36.4 Å². The van der Waals surface area contributed by atoms with E-state index in [9.17, 15) is 14.7 Å². The Morgan fingerprint density at radius 1 is 0.949 bits per heavy atom. The highest BCUT2D eigenvalue weighted by Gasteiger charge is 2.26. The number of nitrogens with zero attached hydrogens (tertiary/aromatic N) is 2. The van der Waals surface area contributed by atoms with Gasteiger partial charge in [-0.05, 0) is 54.8 Å². The molecule has 3 aromatic carbocycles. The van der Waals surface area contributed by atoms with Crippen molar-refractivity contribution in [3.05, 3.63) is 89.6 Å². The number of anilines is 1. The highest BCUT2D eigenvalue weighted by atomic mass is 16.7. The molecule has 9 heteroatoms. The number of carbonyl (C=O) groups excluding carboxylic acids is 2. The van der Waals surface area contributed by atoms with Crippen molar-refractivity contribution >= 4 is 17.6 Å². The van der Waals surface area contributed by atoms with E-state index in [4.69, 9.17) is 9.47 Å². The van der Waals surface area contributed by atoms with E-state index in [0.717, 1.165) is 36.9 Å². The lowest BCUT2D eigenvalue weighted by atomic mass is 10.0. The van der Waals surface area contributed by atoms with Crippen LogP contribution in [0.25, 0.3) is 11.3 Å². The van der Waals surface area contributed by atoms with Gasteiger partial charge in [0.05, 0.1) is 11.4 Å². The summed E-state index contributed by atoms with van der Waals surface area (Å²) in [6, 6.07) is 21.1. The Morgan fingerprint density at radius 2 is 1.74 bits per heavy atom. The summed E-state index contributed by atoms with van der Waals surface area (Å²) in [4.78, 5) is 25.9. The van der Waals surface area contributed by atoms with Gasteiger partial charge >= 0.3 is 6.03 Å². The van der Waals surface area contributed by atoms with Crippen molar-refractivity contribution in [2.45, 2.75) is 38.1 Å². The fourth-order valence-corrected chi connectivity index (χ4v) is 5.12. The monoisotopic (exact) mass is 524 g/mol. The maximum Gasteiger partial charge on any atom is 0.342 e. The SMILES string of the molecule is O=C(Nc1ccc(-c2cc(C3CCCC3)n(C(=O)NCc3ccccc3)n2)c(O)c1)c1ccc2c(c1)OCO2. The van der Waals surface area contributed by atoms with Gasteiger partial charge < -0.3 is 25.2 Å². The minimum absolute atomic E-state index is 0.0502. The average molecular weight is 525 g/mol. The third-order valence-electron chi connectivity index (χ3n) is 7.16. The highest BCUT2D eigenvalue weighted by molar-refractivity contribution is 6.05. The molecule has 2 aliphatic rings. The quantitative estimate of drug-likeness (QED) is 0.300. The summed E-state index contributed by atoms with van der Waals surface area (Å²) in [5.74, 6) is 0.950. The second-order valence-corrected chi connectivity index (χ2v) is 9.75. The second kappa shape index (κ2) is 10.5. The molecule has 6 rings (SSSR count). The normalized spacial score (nSPS) is 14.4. The predicted octanol–water partition coefficient (Wildman–Crippen LogP) is 5.65. The van der Waals surface area contributed by atoms with Crippen molar-refractivity contribution in [1.29, 1.82) is 0 Å². The molecule has 0 spiro atoms. The molecule has 1 aliphatic heterocycles. The molecule has 1 aliphatic carbocycles. The third-order valence-corrected chi connectivity index (χ3v) is 7.16. The van der Waals surface area contributed by atoms with Crippen LogP contribution in [0.4, 0.5) is 10.5 Å². The average Bonchev–Trinajstić information content (AvgIpc) is 3.73. The van der Waals surface area contributed by atoms with Crippen LogP contribution >= 0.6 is 0 Å². The number of phenols is 1. The first kappa shape index (κ1) is 24.5. The van der Waals surface area contributed by atoms with Gasteiger partial charge in [-0.3, -0.25) is 4.79 Å². The molecule has 0 bridgehead atoms. The van der Waals surface area contributed by atoms with Crippen molar-refractivity contribution in [2.24, 2.45) is 0 Å². The fourth-order valence-electron chi connectivity index (χ4n) is 5.12. The first-order chi connectivity index (χ1) is 19.0.